The van der Waals surface area contributed by atoms with Gasteiger partial charge in [0, 0.05) is 6.42 Å². The maximum absolute atomic E-state index is 10.9. The van der Waals surface area contributed by atoms with Crippen LogP contribution in [0.1, 0.15) is 18.4 Å². The van der Waals surface area contributed by atoms with E-state index in [2.05, 4.69) is 4.74 Å². The summed E-state index contributed by atoms with van der Waals surface area (Å²) in [7, 11) is 1.37. The van der Waals surface area contributed by atoms with Gasteiger partial charge >= 0.3 is 5.97 Å². The standard InChI is InChI=1S/C13H18ClNO3/c1-17-12(16)6-3-9-18-13-10(7-8-15)4-2-5-11(13)14/h2,4-5H,3,6-9,15H2,1H3. The van der Waals surface area contributed by atoms with E-state index in [9.17, 15) is 4.79 Å². The van der Waals surface area contributed by atoms with Gasteiger partial charge < -0.3 is 15.2 Å². The Bertz CT molecular complexity index is 396. The number of carbonyl (C=O) groups excluding carboxylic acids is 1. The predicted molar refractivity (Wildman–Crippen MR) is 71.0 cm³/mol. The van der Waals surface area contributed by atoms with E-state index in [0.717, 1.165) is 5.56 Å². The Morgan fingerprint density at radius 2 is 2.22 bits per heavy atom. The van der Waals surface area contributed by atoms with Gasteiger partial charge in [-0.15, -0.1) is 0 Å². The first-order valence-corrected chi connectivity index (χ1v) is 6.24. The topological polar surface area (TPSA) is 61.5 Å². The Hall–Kier alpha value is -1.26. The molecule has 0 radical (unpaired) electrons. The number of halogens is 1. The molecule has 0 unspecified atom stereocenters. The lowest BCUT2D eigenvalue weighted by atomic mass is 10.1. The van der Waals surface area contributed by atoms with Crippen molar-refractivity contribution in [1.82, 2.24) is 0 Å². The Kier molecular flexibility index (Phi) is 6.54. The monoisotopic (exact) mass is 271 g/mol. The van der Waals surface area contributed by atoms with E-state index in [4.69, 9.17) is 22.1 Å². The minimum atomic E-state index is -0.236. The zero-order valence-corrected chi connectivity index (χ0v) is 11.2. The molecule has 0 aliphatic rings. The van der Waals surface area contributed by atoms with Crippen LogP contribution < -0.4 is 10.5 Å². The van der Waals surface area contributed by atoms with Crippen LogP contribution in [0.15, 0.2) is 18.2 Å². The van der Waals surface area contributed by atoms with E-state index in [-0.39, 0.29) is 5.97 Å². The van der Waals surface area contributed by atoms with Crippen molar-refractivity contribution in [2.45, 2.75) is 19.3 Å². The highest BCUT2D eigenvalue weighted by Gasteiger charge is 2.08. The van der Waals surface area contributed by atoms with E-state index < -0.39 is 0 Å². The first kappa shape index (κ1) is 14.8. The molecule has 4 nitrogen and oxygen atoms in total. The van der Waals surface area contributed by atoms with Crippen molar-refractivity contribution in [2.75, 3.05) is 20.3 Å². The highest BCUT2D eigenvalue weighted by molar-refractivity contribution is 6.32. The zero-order chi connectivity index (χ0) is 13.4. The Balaban J connectivity index is 2.52. The van der Waals surface area contributed by atoms with Gasteiger partial charge in [-0.2, -0.15) is 0 Å². The fourth-order valence-corrected chi connectivity index (χ4v) is 1.81. The third-order valence-corrected chi connectivity index (χ3v) is 2.76. The molecule has 100 valence electrons. The molecule has 0 atom stereocenters. The fourth-order valence-electron chi connectivity index (χ4n) is 1.56. The van der Waals surface area contributed by atoms with Crippen LogP contribution in [0.25, 0.3) is 0 Å². The molecule has 2 N–H and O–H groups in total. The van der Waals surface area contributed by atoms with Crippen LogP contribution in [0, 0.1) is 0 Å². The molecule has 1 rings (SSSR count). The van der Waals surface area contributed by atoms with Crippen molar-refractivity contribution in [1.29, 1.82) is 0 Å². The summed E-state index contributed by atoms with van der Waals surface area (Å²) < 4.78 is 10.2. The Morgan fingerprint density at radius 1 is 1.44 bits per heavy atom. The fraction of sp³-hybridized carbons (Fsp3) is 0.462. The zero-order valence-electron chi connectivity index (χ0n) is 10.4. The van der Waals surface area contributed by atoms with Crippen molar-refractivity contribution < 1.29 is 14.3 Å². The lowest BCUT2D eigenvalue weighted by Gasteiger charge is -2.12. The smallest absolute Gasteiger partial charge is 0.305 e. The summed E-state index contributed by atoms with van der Waals surface area (Å²) >= 11 is 6.08. The summed E-state index contributed by atoms with van der Waals surface area (Å²) in [4.78, 5) is 10.9. The maximum atomic E-state index is 10.9. The van der Waals surface area contributed by atoms with Crippen molar-refractivity contribution in [3.05, 3.63) is 28.8 Å². The molecule has 0 aliphatic carbocycles. The molecule has 1 aromatic rings. The van der Waals surface area contributed by atoms with Crippen LogP contribution in [0.2, 0.25) is 5.02 Å². The van der Waals surface area contributed by atoms with Crippen LogP contribution in [-0.4, -0.2) is 26.2 Å². The molecule has 0 spiro atoms. The van der Waals surface area contributed by atoms with Crippen molar-refractivity contribution in [3.63, 3.8) is 0 Å². The number of esters is 1. The van der Waals surface area contributed by atoms with E-state index in [1.807, 2.05) is 12.1 Å². The van der Waals surface area contributed by atoms with Gasteiger partial charge in [0.05, 0.1) is 18.7 Å². The molecule has 0 aromatic heterocycles. The van der Waals surface area contributed by atoms with Crippen LogP contribution >= 0.6 is 11.6 Å². The third-order valence-electron chi connectivity index (χ3n) is 2.46. The quantitative estimate of drug-likeness (QED) is 0.610. The van der Waals surface area contributed by atoms with Crippen molar-refractivity contribution in [3.8, 4) is 5.75 Å². The average Bonchev–Trinajstić information content (AvgIpc) is 2.37. The number of hydrogen-bond donors (Lipinski definition) is 1. The van der Waals surface area contributed by atoms with Crippen LogP contribution in [0.4, 0.5) is 0 Å². The van der Waals surface area contributed by atoms with E-state index in [1.54, 1.807) is 6.07 Å². The molecular formula is C13H18ClNO3. The number of benzene rings is 1. The van der Waals surface area contributed by atoms with Gasteiger partial charge in [0.1, 0.15) is 5.75 Å². The molecule has 18 heavy (non-hydrogen) atoms. The first-order chi connectivity index (χ1) is 8.69. The summed E-state index contributed by atoms with van der Waals surface area (Å²) in [5, 5.41) is 0.569. The molecular weight excluding hydrogens is 254 g/mol. The summed E-state index contributed by atoms with van der Waals surface area (Å²) in [6.45, 7) is 0.968. The second-order valence-electron chi connectivity index (χ2n) is 3.79. The third kappa shape index (κ3) is 4.55. The van der Waals surface area contributed by atoms with Crippen LogP contribution in [-0.2, 0) is 16.0 Å². The summed E-state index contributed by atoms with van der Waals surface area (Å²) in [5.74, 6) is 0.425. The van der Waals surface area contributed by atoms with Gasteiger partial charge in [-0.25, -0.2) is 0 Å². The number of carbonyl (C=O) groups is 1. The molecule has 0 fully saturated rings. The van der Waals surface area contributed by atoms with Crippen molar-refractivity contribution >= 4 is 17.6 Å². The van der Waals surface area contributed by atoms with Gasteiger partial charge in [-0.05, 0) is 31.0 Å². The molecule has 0 amide bonds. The van der Waals surface area contributed by atoms with Gasteiger partial charge in [0.15, 0.2) is 0 Å². The minimum Gasteiger partial charge on any atom is -0.492 e. The minimum absolute atomic E-state index is 0.236. The second kappa shape index (κ2) is 7.95. The van der Waals surface area contributed by atoms with Gasteiger partial charge in [-0.1, -0.05) is 23.7 Å². The predicted octanol–water partition coefficient (Wildman–Crippen LogP) is 2.17. The normalized spacial score (nSPS) is 10.2. The summed E-state index contributed by atoms with van der Waals surface area (Å²) in [5.41, 5.74) is 6.52. The largest absolute Gasteiger partial charge is 0.492 e. The molecule has 0 bridgehead atoms. The van der Waals surface area contributed by atoms with Crippen LogP contribution in [0.3, 0.4) is 0 Å². The van der Waals surface area contributed by atoms with Gasteiger partial charge in [-0.3, -0.25) is 4.79 Å². The number of para-hydroxylation sites is 1. The lowest BCUT2D eigenvalue weighted by Crippen LogP contribution is -2.08. The SMILES string of the molecule is COC(=O)CCCOc1c(Cl)cccc1CCN. The number of rotatable bonds is 7. The summed E-state index contributed by atoms with van der Waals surface area (Å²) in [6.07, 6.45) is 1.65. The van der Waals surface area contributed by atoms with Gasteiger partial charge in [0.25, 0.3) is 0 Å². The van der Waals surface area contributed by atoms with E-state index in [0.29, 0.717) is 43.2 Å². The number of nitrogens with two attached hydrogens (primary N) is 1. The number of methoxy groups -OCH3 is 1. The highest BCUT2D eigenvalue weighted by atomic mass is 35.5. The highest BCUT2D eigenvalue weighted by Crippen LogP contribution is 2.29. The van der Waals surface area contributed by atoms with Crippen molar-refractivity contribution in [2.24, 2.45) is 5.73 Å². The molecule has 5 heteroatoms. The lowest BCUT2D eigenvalue weighted by molar-refractivity contribution is -0.140. The Labute approximate surface area is 112 Å². The number of hydrogen-bond acceptors (Lipinski definition) is 4. The molecule has 0 heterocycles. The molecule has 0 aliphatic heterocycles. The van der Waals surface area contributed by atoms with E-state index >= 15 is 0 Å². The van der Waals surface area contributed by atoms with Gasteiger partial charge in [0.2, 0.25) is 0 Å². The average molecular weight is 272 g/mol. The molecule has 0 saturated heterocycles. The van der Waals surface area contributed by atoms with Crippen LogP contribution in [0.5, 0.6) is 5.75 Å². The first-order valence-electron chi connectivity index (χ1n) is 5.86. The summed E-state index contributed by atoms with van der Waals surface area (Å²) in [6, 6.07) is 5.58. The molecule has 0 saturated carbocycles. The Morgan fingerprint density at radius 3 is 2.89 bits per heavy atom. The molecule has 1 aromatic carbocycles. The maximum Gasteiger partial charge on any atom is 0.305 e. The number of ether oxygens (including phenoxy) is 2. The second-order valence-corrected chi connectivity index (χ2v) is 4.20. The van der Waals surface area contributed by atoms with E-state index in [1.165, 1.54) is 7.11 Å².